The number of fused-ring (bicyclic) bond motifs is 5. The number of nitrogens with zero attached hydrogens (tertiary/aromatic N) is 3. The zero-order valence-corrected chi connectivity index (χ0v) is 23.2. The summed E-state index contributed by atoms with van der Waals surface area (Å²) in [4.78, 5) is 34.5. The van der Waals surface area contributed by atoms with Gasteiger partial charge in [-0.1, -0.05) is 24.3 Å². The number of carbonyl (C=O) groups excluding carboxylic acids is 2. The minimum absolute atomic E-state index is 0.000410. The number of halogens is 1. The highest BCUT2D eigenvalue weighted by molar-refractivity contribution is 6.19. The summed E-state index contributed by atoms with van der Waals surface area (Å²) in [6.45, 7) is 1.63. The smallest absolute Gasteiger partial charge is 0.256 e. The van der Waals surface area contributed by atoms with Crippen LogP contribution in [0.5, 0.6) is 17.2 Å². The number of aliphatic imine (C=N–C) groups is 1. The lowest BCUT2D eigenvalue weighted by Gasteiger charge is -2.20. The molecule has 0 saturated carbocycles. The zero-order valence-electron chi connectivity index (χ0n) is 22.4. The van der Waals surface area contributed by atoms with Crippen molar-refractivity contribution in [2.24, 2.45) is 4.99 Å². The minimum Gasteiger partial charge on any atom is -0.507 e. The number of phenols is 1. The van der Waals surface area contributed by atoms with Gasteiger partial charge in [0, 0.05) is 55.0 Å². The van der Waals surface area contributed by atoms with E-state index >= 15 is 0 Å². The Morgan fingerprint density at radius 3 is 2.77 bits per heavy atom. The summed E-state index contributed by atoms with van der Waals surface area (Å²) in [5, 5.41) is 12.3. The summed E-state index contributed by atoms with van der Waals surface area (Å²) in [5.74, 6) is 1.57. The molecule has 2 amide bonds. The normalized spacial score (nSPS) is 19.4. The lowest BCUT2D eigenvalue weighted by molar-refractivity contribution is -0.118. The van der Waals surface area contributed by atoms with E-state index in [1.165, 1.54) is 0 Å². The van der Waals surface area contributed by atoms with Gasteiger partial charge in [-0.3, -0.25) is 14.6 Å². The number of aromatic hydroxyl groups is 1. The highest BCUT2D eigenvalue weighted by Crippen LogP contribution is 2.45. The Morgan fingerprint density at radius 1 is 1.15 bits per heavy atom. The Balaban J connectivity index is 1.09. The molecule has 1 fully saturated rings. The Hall–Kier alpha value is -3.78. The molecule has 2 atom stereocenters. The number of rotatable bonds is 8. The van der Waals surface area contributed by atoms with E-state index < -0.39 is 0 Å². The molecule has 0 radical (unpaired) electrons. The van der Waals surface area contributed by atoms with Crippen molar-refractivity contribution in [2.75, 3.05) is 37.6 Å². The summed E-state index contributed by atoms with van der Waals surface area (Å²) < 4.78 is 11.6. The molecule has 8 nitrogen and oxygen atoms in total. The van der Waals surface area contributed by atoms with Gasteiger partial charge in [0.25, 0.3) is 5.91 Å². The Morgan fingerprint density at radius 2 is 1.98 bits per heavy atom. The quantitative estimate of drug-likeness (QED) is 0.277. The summed E-state index contributed by atoms with van der Waals surface area (Å²) >= 11 is 6.30. The van der Waals surface area contributed by atoms with E-state index in [1.54, 1.807) is 30.2 Å². The molecule has 3 aromatic rings. The monoisotopic (exact) mass is 561 g/mol. The predicted molar refractivity (Wildman–Crippen MR) is 156 cm³/mol. The number of hydrogen-bond acceptors (Lipinski definition) is 6. The van der Waals surface area contributed by atoms with E-state index in [0.29, 0.717) is 61.0 Å². The van der Waals surface area contributed by atoms with Gasteiger partial charge in [-0.25, -0.2) is 0 Å². The van der Waals surface area contributed by atoms with Crippen molar-refractivity contribution in [3.63, 3.8) is 0 Å². The first-order valence-electron chi connectivity index (χ1n) is 13.8. The molecular weight excluding hydrogens is 530 g/mol. The number of methoxy groups -OCH3 is 1. The third kappa shape index (κ3) is 4.64. The largest absolute Gasteiger partial charge is 0.507 e. The van der Waals surface area contributed by atoms with Gasteiger partial charge in [0.15, 0.2) is 11.5 Å². The zero-order chi connectivity index (χ0) is 27.8. The van der Waals surface area contributed by atoms with Crippen molar-refractivity contribution in [3.05, 3.63) is 53.6 Å². The van der Waals surface area contributed by atoms with Crippen LogP contribution in [0.15, 0.2) is 47.5 Å². The highest BCUT2D eigenvalue weighted by atomic mass is 35.5. The molecule has 9 heteroatoms. The number of hydrogen-bond donors (Lipinski definition) is 1. The van der Waals surface area contributed by atoms with E-state index in [4.69, 9.17) is 21.1 Å². The molecule has 0 aliphatic carbocycles. The average Bonchev–Trinajstić information content (AvgIpc) is 3.57. The van der Waals surface area contributed by atoms with Crippen molar-refractivity contribution in [1.29, 1.82) is 0 Å². The van der Waals surface area contributed by atoms with Gasteiger partial charge in [0.2, 0.25) is 5.91 Å². The van der Waals surface area contributed by atoms with Gasteiger partial charge in [-0.05, 0) is 42.7 Å². The lowest BCUT2D eigenvalue weighted by atomic mass is 9.95. The molecule has 3 aromatic carbocycles. The molecule has 208 valence electrons. The Kier molecular flexibility index (Phi) is 7.27. The van der Waals surface area contributed by atoms with Gasteiger partial charge >= 0.3 is 0 Å². The second kappa shape index (κ2) is 11.0. The lowest BCUT2D eigenvalue weighted by Crippen LogP contribution is -2.35. The molecule has 3 aliphatic heterocycles. The minimum atomic E-state index is -0.0282. The number of benzene rings is 3. The van der Waals surface area contributed by atoms with Gasteiger partial charge in [-0.2, -0.15) is 0 Å². The van der Waals surface area contributed by atoms with Gasteiger partial charge in [-0.15, -0.1) is 11.6 Å². The van der Waals surface area contributed by atoms with Crippen LogP contribution in [0.1, 0.15) is 53.9 Å². The number of carbonyl (C=O) groups is 2. The van der Waals surface area contributed by atoms with Crippen LogP contribution in [0, 0.1) is 0 Å². The molecule has 40 heavy (non-hydrogen) atoms. The first-order chi connectivity index (χ1) is 19.5. The summed E-state index contributed by atoms with van der Waals surface area (Å²) in [6, 6.07) is 12.9. The van der Waals surface area contributed by atoms with Gasteiger partial charge in [0.1, 0.15) is 5.75 Å². The maximum Gasteiger partial charge on any atom is 0.256 e. The van der Waals surface area contributed by atoms with Gasteiger partial charge in [0.05, 0.1) is 36.7 Å². The molecule has 3 aliphatic rings. The molecule has 6 rings (SSSR count). The van der Waals surface area contributed by atoms with Crippen molar-refractivity contribution in [1.82, 2.24) is 4.90 Å². The predicted octanol–water partition coefficient (Wildman–Crippen LogP) is 5.79. The highest BCUT2D eigenvalue weighted by Gasteiger charge is 2.34. The van der Waals surface area contributed by atoms with E-state index in [2.05, 4.69) is 4.99 Å². The number of amides is 2. The average molecular weight is 562 g/mol. The molecule has 3 heterocycles. The summed E-state index contributed by atoms with van der Waals surface area (Å²) in [6.07, 6.45) is 5.41. The number of ether oxygens (including phenoxy) is 2. The van der Waals surface area contributed by atoms with Crippen molar-refractivity contribution in [2.45, 2.75) is 44.1 Å². The molecule has 0 unspecified atom stereocenters. The van der Waals surface area contributed by atoms with Gasteiger partial charge < -0.3 is 24.4 Å². The second-order valence-electron chi connectivity index (χ2n) is 10.5. The third-order valence-corrected chi connectivity index (χ3v) is 8.51. The van der Waals surface area contributed by atoms with Crippen LogP contribution >= 0.6 is 11.6 Å². The number of phenolic OH excluding ortho intramolecular Hbond substituents is 1. The molecule has 1 saturated heterocycles. The number of alkyl halides is 1. The fourth-order valence-corrected chi connectivity index (χ4v) is 6.36. The third-order valence-electron chi connectivity index (χ3n) is 8.13. The first kappa shape index (κ1) is 26.4. The van der Waals surface area contributed by atoms with Crippen LogP contribution in [0.2, 0.25) is 0 Å². The van der Waals surface area contributed by atoms with Crippen LogP contribution in [-0.2, 0) is 4.79 Å². The second-order valence-corrected chi connectivity index (χ2v) is 10.9. The Bertz CT molecular complexity index is 1510. The molecule has 1 N–H and O–H groups in total. The molecular formula is C31H32ClN3O5. The fourth-order valence-electron chi connectivity index (χ4n) is 6.10. The summed E-state index contributed by atoms with van der Waals surface area (Å²) in [5.41, 5.74) is 2.88. The van der Waals surface area contributed by atoms with E-state index in [-0.39, 0.29) is 29.5 Å². The van der Waals surface area contributed by atoms with Crippen molar-refractivity contribution < 1.29 is 24.2 Å². The maximum atomic E-state index is 13.2. The van der Waals surface area contributed by atoms with E-state index in [0.717, 1.165) is 41.4 Å². The van der Waals surface area contributed by atoms with E-state index in [9.17, 15) is 14.7 Å². The van der Waals surface area contributed by atoms with Crippen LogP contribution in [0.25, 0.3) is 10.8 Å². The Labute approximate surface area is 238 Å². The van der Waals surface area contributed by atoms with Crippen LogP contribution in [0.4, 0.5) is 11.4 Å². The van der Waals surface area contributed by atoms with Crippen LogP contribution in [0.3, 0.4) is 0 Å². The first-order valence-corrected chi connectivity index (χ1v) is 14.3. The number of unbranched alkanes of at least 4 members (excludes halogenated alkanes) is 1. The van der Waals surface area contributed by atoms with Crippen LogP contribution in [-0.4, -0.2) is 66.8 Å². The molecule has 0 aromatic heterocycles. The molecule has 0 bridgehead atoms. The topological polar surface area (TPSA) is 91.7 Å². The van der Waals surface area contributed by atoms with Crippen LogP contribution < -0.4 is 14.4 Å². The standard InChI is InChI=1S/C31H32ClN3O5/c1-39-27-13-23-24(33-17-20-7-6-11-34(20)31(23)38)14-28(27)40-12-5-4-10-29(37)35-18-19(16-32)30-22-9-3-2-8-21(22)26(36)15-25(30)35/h2-3,8-9,13-15,17,19-20,36H,4-7,10-12,16,18H2,1H3/t19-,20-/m0/s1. The SMILES string of the molecule is COc1cc2c(cc1OCCCCC(=O)N1C[C@H](CCl)c3c1cc(O)c1ccccc31)N=C[C@@H]1CCCN1C2=O. The maximum absolute atomic E-state index is 13.2. The van der Waals surface area contributed by atoms with Crippen molar-refractivity contribution >= 4 is 51.8 Å². The number of anilines is 1. The molecule has 0 spiro atoms. The fraction of sp³-hybridized carbons (Fsp3) is 0.387. The summed E-state index contributed by atoms with van der Waals surface area (Å²) in [7, 11) is 1.55. The van der Waals surface area contributed by atoms with E-state index in [1.807, 2.05) is 35.4 Å². The van der Waals surface area contributed by atoms with Crippen molar-refractivity contribution in [3.8, 4) is 17.2 Å².